The molecule has 1 fully saturated rings. The lowest BCUT2D eigenvalue weighted by Crippen LogP contribution is -2.25. The van der Waals surface area contributed by atoms with Crippen molar-refractivity contribution in [3.63, 3.8) is 0 Å². The van der Waals surface area contributed by atoms with Crippen LogP contribution < -0.4 is 0 Å². The van der Waals surface area contributed by atoms with E-state index in [4.69, 9.17) is 0 Å². The van der Waals surface area contributed by atoms with Crippen LogP contribution in [-0.4, -0.2) is 18.0 Å². The molecule has 0 aromatic heterocycles. The molecule has 1 aliphatic rings. The molecule has 1 aromatic carbocycles. The Kier molecular flexibility index (Phi) is 3.94. The van der Waals surface area contributed by atoms with Gasteiger partial charge in [-0.2, -0.15) is 0 Å². The predicted octanol–water partition coefficient (Wildman–Crippen LogP) is 3.76. The van der Waals surface area contributed by atoms with Gasteiger partial charge in [-0.3, -0.25) is 4.90 Å². The molecule has 2 heteroatoms. The fourth-order valence-electron chi connectivity index (χ4n) is 2.57. The van der Waals surface area contributed by atoms with Gasteiger partial charge < -0.3 is 0 Å². The van der Waals surface area contributed by atoms with Crippen molar-refractivity contribution in [2.24, 2.45) is 0 Å². The van der Waals surface area contributed by atoms with Crippen molar-refractivity contribution in [3.8, 4) is 0 Å². The fraction of sp³-hybridized carbons (Fsp3) is 0.571. The van der Waals surface area contributed by atoms with Crippen LogP contribution in [0.3, 0.4) is 0 Å². The van der Waals surface area contributed by atoms with Crippen molar-refractivity contribution in [3.05, 3.63) is 35.6 Å². The van der Waals surface area contributed by atoms with Crippen molar-refractivity contribution in [1.82, 2.24) is 4.90 Å². The van der Waals surface area contributed by atoms with Crippen LogP contribution in [0.2, 0.25) is 0 Å². The van der Waals surface area contributed by atoms with Gasteiger partial charge in [0.05, 0.1) is 0 Å². The first-order valence-electron chi connectivity index (χ1n) is 6.31. The molecule has 1 aromatic rings. The molecule has 1 heterocycles. The van der Waals surface area contributed by atoms with E-state index in [1.165, 1.54) is 44.3 Å². The van der Waals surface area contributed by atoms with Gasteiger partial charge >= 0.3 is 0 Å². The van der Waals surface area contributed by atoms with Gasteiger partial charge in [-0.05, 0) is 50.0 Å². The second-order valence-corrected chi connectivity index (χ2v) is 4.60. The van der Waals surface area contributed by atoms with E-state index in [9.17, 15) is 4.39 Å². The molecule has 2 rings (SSSR count). The third-order valence-corrected chi connectivity index (χ3v) is 3.40. The van der Waals surface area contributed by atoms with E-state index in [-0.39, 0.29) is 5.82 Å². The molecule has 0 spiro atoms. The average Bonchev–Trinajstić information content (AvgIpc) is 2.81. The summed E-state index contributed by atoms with van der Waals surface area (Å²) in [6.07, 6.45) is 4.97. The van der Waals surface area contributed by atoms with E-state index in [0.717, 1.165) is 0 Å². The van der Waals surface area contributed by atoms with Gasteiger partial charge in [0.1, 0.15) is 5.82 Å². The molecule has 1 nitrogen and oxygen atoms in total. The number of nitrogens with zero attached hydrogens (tertiary/aromatic N) is 1. The lowest BCUT2D eigenvalue weighted by atomic mass is 10.0. The first-order chi connectivity index (χ1) is 7.81. The van der Waals surface area contributed by atoms with Gasteiger partial charge in [-0.15, -0.1) is 0 Å². The highest BCUT2D eigenvalue weighted by Gasteiger charge is 2.22. The molecular formula is C14H20FN. The summed E-state index contributed by atoms with van der Waals surface area (Å²) in [5.74, 6) is -0.138. The van der Waals surface area contributed by atoms with Crippen molar-refractivity contribution in [2.75, 3.05) is 13.1 Å². The second kappa shape index (κ2) is 5.44. The Balaban J connectivity index is 2.14. The van der Waals surface area contributed by atoms with Crippen molar-refractivity contribution < 1.29 is 4.39 Å². The molecule has 0 radical (unpaired) electrons. The van der Waals surface area contributed by atoms with Crippen molar-refractivity contribution in [1.29, 1.82) is 0 Å². The van der Waals surface area contributed by atoms with Crippen molar-refractivity contribution >= 4 is 0 Å². The van der Waals surface area contributed by atoms with Gasteiger partial charge in [0, 0.05) is 6.04 Å². The number of halogens is 1. The largest absolute Gasteiger partial charge is 0.296 e. The highest BCUT2D eigenvalue weighted by Crippen LogP contribution is 2.29. The third-order valence-electron chi connectivity index (χ3n) is 3.40. The SMILES string of the molecule is CCCC(c1ccc(F)cc1)N1CCCC1. The first-order valence-corrected chi connectivity index (χ1v) is 6.31. The van der Waals surface area contributed by atoms with Crippen LogP contribution in [0.15, 0.2) is 24.3 Å². The zero-order valence-corrected chi connectivity index (χ0v) is 9.95. The molecule has 0 aliphatic carbocycles. The molecule has 0 N–H and O–H groups in total. The average molecular weight is 221 g/mol. The lowest BCUT2D eigenvalue weighted by molar-refractivity contribution is 0.232. The minimum Gasteiger partial charge on any atom is -0.296 e. The molecule has 0 bridgehead atoms. The molecule has 1 aliphatic heterocycles. The highest BCUT2D eigenvalue weighted by atomic mass is 19.1. The van der Waals surface area contributed by atoms with Crippen LogP contribution in [0.5, 0.6) is 0 Å². The summed E-state index contributed by atoms with van der Waals surface area (Å²) in [7, 11) is 0. The number of rotatable bonds is 4. The smallest absolute Gasteiger partial charge is 0.123 e. The van der Waals surface area contributed by atoms with Gasteiger partial charge in [0.25, 0.3) is 0 Å². The number of likely N-dealkylation sites (tertiary alicyclic amines) is 1. The van der Waals surface area contributed by atoms with Gasteiger partial charge in [-0.25, -0.2) is 4.39 Å². The molecule has 16 heavy (non-hydrogen) atoms. The van der Waals surface area contributed by atoms with Crippen LogP contribution in [0.4, 0.5) is 4.39 Å². The minimum atomic E-state index is -0.138. The van der Waals surface area contributed by atoms with Crippen LogP contribution in [0.1, 0.15) is 44.2 Å². The summed E-state index contributed by atoms with van der Waals surface area (Å²) in [6, 6.07) is 7.53. The minimum absolute atomic E-state index is 0.138. The lowest BCUT2D eigenvalue weighted by Gasteiger charge is -2.27. The topological polar surface area (TPSA) is 3.24 Å². The van der Waals surface area contributed by atoms with Gasteiger partial charge in [-0.1, -0.05) is 25.5 Å². The highest BCUT2D eigenvalue weighted by molar-refractivity contribution is 5.20. The maximum Gasteiger partial charge on any atom is 0.123 e. The van der Waals surface area contributed by atoms with E-state index < -0.39 is 0 Å². The van der Waals surface area contributed by atoms with Crippen LogP contribution in [0, 0.1) is 5.82 Å². The zero-order valence-electron chi connectivity index (χ0n) is 9.95. The fourth-order valence-corrected chi connectivity index (χ4v) is 2.57. The molecular weight excluding hydrogens is 201 g/mol. The Morgan fingerprint density at radius 3 is 2.38 bits per heavy atom. The van der Waals surface area contributed by atoms with E-state index in [1.807, 2.05) is 12.1 Å². The van der Waals surface area contributed by atoms with Crippen LogP contribution in [-0.2, 0) is 0 Å². The number of hydrogen-bond acceptors (Lipinski definition) is 1. The Morgan fingerprint density at radius 2 is 1.81 bits per heavy atom. The van der Waals surface area contributed by atoms with Crippen molar-refractivity contribution in [2.45, 2.75) is 38.6 Å². The van der Waals surface area contributed by atoms with E-state index >= 15 is 0 Å². The quantitative estimate of drug-likeness (QED) is 0.748. The molecule has 0 amide bonds. The zero-order chi connectivity index (χ0) is 11.4. The number of benzene rings is 1. The summed E-state index contributed by atoms with van der Waals surface area (Å²) >= 11 is 0. The maximum atomic E-state index is 12.9. The van der Waals surface area contributed by atoms with E-state index in [0.29, 0.717) is 6.04 Å². The molecule has 0 saturated carbocycles. The van der Waals surface area contributed by atoms with Gasteiger partial charge in [0.15, 0.2) is 0 Å². The molecule has 1 unspecified atom stereocenters. The monoisotopic (exact) mass is 221 g/mol. The predicted molar refractivity (Wildman–Crippen MR) is 64.9 cm³/mol. The molecule has 1 saturated heterocycles. The Bertz CT molecular complexity index is 314. The summed E-state index contributed by atoms with van der Waals surface area (Å²) in [4.78, 5) is 2.54. The first kappa shape index (κ1) is 11.6. The van der Waals surface area contributed by atoms with Gasteiger partial charge in [0.2, 0.25) is 0 Å². The van der Waals surface area contributed by atoms with Crippen LogP contribution in [0.25, 0.3) is 0 Å². The summed E-state index contributed by atoms with van der Waals surface area (Å²) in [6.45, 7) is 4.61. The van der Waals surface area contributed by atoms with E-state index in [1.54, 1.807) is 12.1 Å². The number of hydrogen-bond donors (Lipinski definition) is 0. The van der Waals surface area contributed by atoms with Crippen LogP contribution >= 0.6 is 0 Å². The third kappa shape index (κ3) is 2.62. The standard InChI is InChI=1S/C14H20FN/c1-2-5-14(16-10-3-4-11-16)12-6-8-13(15)9-7-12/h6-9,14H,2-5,10-11H2,1H3. The Hall–Kier alpha value is -0.890. The Morgan fingerprint density at radius 1 is 1.19 bits per heavy atom. The molecule has 1 atom stereocenters. The normalized spacial score (nSPS) is 18.9. The second-order valence-electron chi connectivity index (χ2n) is 4.60. The summed E-state index contributed by atoms with van der Waals surface area (Å²) < 4.78 is 12.9. The molecule has 88 valence electrons. The summed E-state index contributed by atoms with van der Waals surface area (Å²) in [5, 5.41) is 0. The van der Waals surface area contributed by atoms with E-state index in [2.05, 4.69) is 11.8 Å². The Labute approximate surface area is 97.3 Å². The summed E-state index contributed by atoms with van der Waals surface area (Å²) in [5.41, 5.74) is 1.27. The maximum absolute atomic E-state index is 12.9.